The average molecular weight is 342 g/mol. The maximum absolute atomic E-state index is 11.8. The van der Waals surface area contributed by atoms with Gasteiger partial charge in [-0.25, -0.2) is 9.78 Å². The van der Waals surface area contributed by atoms with Crippen molar-refractivity contribution < 1.29 is 13.7 Å². The van der Waals surface area contributed by atoms with Crippen LogP contribution in [0.5, 0.6) is 0 Å². The zero-order valence-corrected chi connectivity index (χ0v) is 13.7. The molecule has 20 heavy (non-hydrogen) atoms. The topological polar surface area (TPSA) is 64.4 Å². The molecule has 6 nitrogen and oxygen atoms in total. The summed E-state index contributed by atoms with van der Waals surface area (Å²) in [6.07, 6.45) is 2.58. The van der Waals surface area contributed by atoms with Gasteiger partial charge in [-0.1, -0.05) is 0 Å². The van der Waals surface area contributed by atoms with Gasteiger partial charge in [-0.3, -0.25) is 4.21 Å². The standard InChI is InChI=1S/C11H17Cl2N3O3S/c1-15-9(14-7-10(15)20(2)18)8-19-11(17)16(5-3-12)6-4-13/h7H,3-6,8H2,1-2H3. The van der Waals surface area contributed by atoms with Crippen molar-refractivity contribution in [3.8, 4) is 0 Å². The first kappa shape index (κ1) is 17.3. The van der Waals surface area contributed by atoms with Gasteiger partial charge < -0.3 is 14.2 Å². The molecule has 0 aliphatic heterocycles. The number of nitrogens with zero attached hydrogens (tertiary/aromatic N) is 3. The molecular weight excluding hydrogens is 325 g/mol. The molecule has 0 aliphatic carbocycles. The van der Waals surface area contributed by atoms with Crippen LogP contribution in [-0.4, -0.2) is 55.9 Å². The largest absolute Gasteiger partial charge is 0.441 e. The molecule has 0 aromatic carbocycles. The molecule has 0 fully saturated rings. The molecule has 0 radical (unpaired) electrons. The maximum atomic E-state index is 11.8. The van der Waals surface area contributed by atoms with E-state index in [2.05, 4.69) is 4.98 Å². The van der Waals surface area contributed by atoms with Gasteiger partial charge in [0.2, 0.25) is 0 Å². The number of amides is 1. The van der Waals surface area contributed by atoms with Gasteiger partial charge in [0.1, 0.15) is 10.9 Å². The van der Waals surface area contributed by atoms with E-state index in [0.29, 0.717) is 35.7 Å². The van der Waals surface area contributed by atoms with E-state index in [0.717, 1.165) is 0 Å². The molecule has 0 aliphatic rings. The van der Waals surface area contributed by atoms with E-state index < -0.39 is 16.9 Å². The second kappa shape index (κ2) is 8.49. The van der Waals surface area contributed by atoms with Crippen LogP contribution in [0.2, 0.25) is 0 Å². The number of carbonyl (C=O) groups is 1. The summed E-state index contributed by atoms with van der Waals surface area (Å²) < 4.78 is 18.2. The first-order valence-corrected chi connectivity index (χ1v) is 8.51. The average Bonchev–Trinajstić information content (AvgIpc) is 2.77. The van der Waals surface area contributed by atoms with Crippen molar-refractivity contribution in [1.82, 2.24) is 14.5 Å². The van der Waals surface area contributed by atoms with Crippen molar-refractivity contribution in [2.45, 2.75) is 11.6 Å². The summed E-state index contributed by atoms with van der Waals surface area (Å²) in [7, 11) is 0.590. The molecule has 1 unspecified atom stereocenters. The van der Waals surface area contributed by atoms with Crippen molar-refractivity contribution in [3.63, 3.8) is 0 Å². The summed E-state index contributed by atoms with van der Waals surface area (Å²) in [5.74, 6) is 1.15. The third-order valence-corrected chi connectivity index (χ3v) is 3.93. The van der Waals surface area contributed by atoms with Gasteiger partial charge in [0, 0.05) is 38.2 Å². The van der Waals surface area contributed by atoms with Crippen LogP contribution in [0.3, 0.4) is 0 Å². The van der Waals surface area contributed by atoms with Crippen molar-refractivity contribution in [1.29, 1.82) is 0 Å². The Hall–Kier alpha value is -0.790. The van der Waals surface area contributed by atoms with Crippen LogP contribution < -0.4 is 0 Å². The highest BCUT2D eigenvalue weighted by Gasteiger charge is 2.16. The number of ether oxygens (including phenoxy) is 1. The Bertz CT molecular complexity index is 475. The summed E-state index contributed by atoms with van der Waals surface area (Å²) in [6.45, 7) is 0.753. The number of aromatic nitrogens is 2. The number of rotatable bonds is 7. The Labute approximate surface area is 130 Å². The van der Waals surface area contributed by atoms with Gasteiger partial charge in [-0.15, -0.1) is 23.2 Å². The number of hydrogen-bond donors (Lipinski definition) is 0. The van der Waals surface area contributed by atoms with Crippen LogP contribution >= 0.6 is 23.2 Å². The van der Waals surface area contributed by atoms with E-state index in [1.165, 1.54) is 11.1 Å². The molecule has 0 N–H and O–H groups in total. The smallest absolute Gasteiger partial charge is 0.410 e. The Kier molecular flexibility index (Phi) is 7.32. The van der Waals surface area contributed by atoms with Crippen LogP contribution in [0.1, 0.15) is 5.82 Å². The number of alkyl halides is 2. The number of carbonyl (C=O) groups excluding carboxylic acids is 1. The molecule has 1 heterocycles. The molecule has 1 atom stereocenters. The summed E-state index contributed by atoms with van der Waals surface area (Å²) in [6, 6.07) is 0. The predicted octanol–water partition coefficient (Wildman–Crippen LogP) is 1.57. The third-order valence-electron chi connectivity index (χ3n) is 2.63. The van der Waals surface area contributed by atoms with Crippen LogP contribution in [0.25, 0.3) is 0 Å². The van der Waals surface area contributed by atoms with Crippen LogP contribution in [-0.2, 0) is 29.2 Å². The lowest BCUT2D eigenvalue weighted by Crippen LogP contribution is -2.35. The summed E-state index contributed by atoms with van der Waals surface area (Å²) in [5, 5.41) is 0.578. The van der Waals surface area contributed by atoms with Crippen molar-refractivity contribution in [3.05, 3.63) is 12.0 Å². The fraction of sp³-hybridized carbons (Fsp3) is 0.636. The Morgan fingerprint density at radius 2 is 2.05 bits per heavy atom. The second-order valence-corrected chi connectivity index (χ2v) is 6.03. The lowest BCUT2D eigenvalue weighted by atomic mass is 10.5. The molecular formula is C11H17Cl2N3O3S. The SMILES string of the molecule is Cn1c(S(C)=O)cnc1COC(=O)N(CCCl)CCCl. The lowest BCUT2D eigenvalue weighted by molar-refractivity contribution is 0.0971. The first-order chi connectivity index (χ1) is 9.51. The normalized spacial score (nSPS) is 12.2. The Morgan fingerprint density at radius 1 is 1.45 bits per heavy atom. The highest BCUT2D eigenvalue weighted by Crippen LogP contribution is 2.09. The van der Waals surface area contributed by atoms with Crippen LogP contribution in [0.4, 0.5) is 4.79 Å². The van der Waals surface area contributed by atoms with E-state index in [4.69, 9.17) is 27.9 Å². The number of imidazole rings is 1. The molecule has 0 bridgehead atoms. The van der Waals surface area contributed by atoms with E-state index in [1.807, 2.05) is 0 Å². The molecule has 1 aromatic heterocycles. The van der Waals surface area contributed by atoms with Crippen molar-refractivity contribution in [2.75, 3.05) is 31.1 Å². The highest BCUT2D eigenvalue weighted by molar-refractivity contribution is 7.84. The Balaban J connectivity index is 2.62. The highest BCUT2D eigenvalue weighted by atomic mass is 35.5. The molecule has 114 valence electrons. The molecule has 1 aromatic rings. The minimum Gasteiger partial charge on any atom is -0.441 e. The van der Waals surface area contributed by atoms with Crippen molar-refractivity contribution >= 4 is 40.1 Å². The summed E-state index contributed by atoms with van der Waals surface area (Å²) in [4.78, 5) is 17.4. The van der Waals surface area contributed by atoms with Gasteiger partial charge >= 0.3 is 6.09 Å². The third kappa shape index (κ3) is 4.64. The van der Waals surface area contributed by atoms with Gasteiger partial charge in [0.25, 0.3) is 0 Å². The van der Waals surface area contributed by atoms with Gasteiger partial charge in [0.15, 0.2) is 6.61 Å². The first-order valence-electron chi connectivity index (χ1n) is 5.89. The van der Waals surface area contributed by atoms with Gasteiger partial charge in [-0.2, -0.15) is 0 Å². The van der Waals surface area contributed by atoms with E-state index in [1.54, 1.807) is 17.9 Å². The second-order valence-electron chi connectivity index (χ2n) is 3.95. The van der Waals surface area contributed by atoms with Gasteiger partial charge in [0.05, 0.1) is 17.0 Å². The van der Waals surface area contributed by atoms with Crippen molar-refractivity contribution in [2.24, 2.45) is 7.05 Å². The minimum atomic E-state index is -1.13. The predicted molar refractivity (Wildman–Crippen MR) is 78.7 cm³/mol. The zero-order chi connectivity index (χ0) is 15.1. The monoisotopic (exact) mass is 341 g/mol. The number of halogens is 2. The molecule has 9 heteroatoms. The fourth-order valence-electron chi connectivity index (χ4n) is 1.55. The molecule has 0 saturated carbocycles. The minimum absolute atomic E-state index is 0.00754. The molecule has 1 rings (SSSR count). The molecule has 1 amide bonds. The fourth-order valence-corrected chi connectivity index (χ4v) is 2.65. The van der Waals surface area contributed by atoms with Crippen LogP contribution in [0, 0.1) is 0 Å². The molecule has 0 saturated heterocycles. The van der Waals surface area contributed by atoms with E-state index >= 15 is 0 Å². The maximum Gasteiger partial charge on any atom is 0.410 e. The van der Waals surface area contributed by atoms with E-state index in [-0.39, 0.29) is 6.61 Å². The zero-order valence-electron chi connectivity index (χ0n) is 11.3. The molecule has 0 spiro atoms. The number of hydrogen-bond acceptors (Lipinski definition) is 4. The lowest BCUT2D eigenvalue weighted by Gasteiger charge is -2.19. The van der Waals surface area contributed by atoms with Gasteiger partial charge in [-0.05, 0) is 0 Å². The van der Waals surface area contributed by atoms with Crippen LogP contribution in [0.15, 0.2) is 11.2 Å². The van der Waals surface area contributed by atoms with E-state index in [9.17, 15) is 9.00 Å². The Morgan fingerprint density at radius 3 is 2.50 bits per heavy atom. The quantitative estimate of drug-likeness (QED) is 0.706. The summed E-state index contributed by atoms with van der Waals surface area (Å²) >= 11 is 11.2. The summed E-state index contributed by atoms with van der Waals surface area (Å²) in [5.41, 5.74) is 0.